The summed E-state index contributed by atoms with van der Waals surface area (Å²) in [6, 6.07) is 18.6. The third-order valence-corrected chi connectivity index (χ3v) is 6.23. The molecule has 0 aliphatic carbocycles. The second-order valence-corrected chi connectivity index (χ2v) is 8.73. The zero-order chi connectivity index (χ0) is 22.0. The molecule has 0 aliphatic heterocycles. The topological polar surface area (TPSA) is 64.8 Å². The maximum Gasteiger partial charge on any atom is 0.267 e. The Morgan fingerprint density at radius 2 is 1.84 bits per heavy atom. The summed E-state index contributed by atoms with van der Waals surface area (Å²) in [5, 5.41) is 0.550. The molecule has 0 fully saturated rings. The van der Waals surface area contributed by atoms with Gasteiger partial charge in [-0.3, -0.25) is 9.59 Å². The van der Waals surface area contributed by atoms with Crippen LogP contribution in [0.15, 0.2) is 76.8 Å². The summed E-state index contributed by atoms with van der Waals surface area (Å²) in [5.41, 5.74) is 3.23. The molecule has 0 saturated heterocycles. The van der Waals surface area contributed by atoms with E-state index in [0.29, 0.717) is 27.4 Å². The summed E-state index contributed by atoms with van der Waals surface area (Å²) >= 11 is 1.28. The van der Waals surface area contributed by atoms with Gasteiger partial charge in [-0.2, -0.15) is 0 Å². The Hall–Kier alpha value is -3.25. The number of aryl methyl sites for hydroxylation is 2. The van der Waals surface area contributed by atoms with Crippen LogP contribution in [0.1, 0.15) is 35.3 Å². The number of fused-ring (bicyclic) bond motifs is 1. The fourth-order valence-corrected chi connectivity index (χ4v) is 4.38. The third kappa shape index (κ3) is 4.30. The Morgan fingerprint density at radius 3 is 2.55 bits per heavy atom. The van der Waals surface area contributed by atoms with Crippen LogP contribution in [0.3, 0.4) is 0 Å². The number of carbonyl (C=O) groups is 1. The van der Waals surface area contributed by atoms with Crippen LogP contribution in [-0.4, -0.2) is 25.6 Å². The molecule has 1 unspecified atom stereocenters. The van der Waals surface area contributed by atoms with E-state index in [1.165, 1.54) is 21.9 Å². The lowest BCUT2D eigenvalue weighted by Gasteiger charge is -2.16. The molecule has 0 spiro atoms. The molecule has 0 amide bonds. The lowest BCUT2D eigenvalue weighted by atomic mass is 10.1. The van der Waals surface area contributed by atoms with Crippen molar-refractivity contribution in [2.75, 3.05) is 0 Å². The predicted molar refractivity (Wildman–Crippen MR) is 125 cm³/mol. The van der Waals surface area contributed by atoms with Gasteiger partial charge in [-0.05, 0) is 55.7 Å². The number of pyridine rings is 1. The summed E-state index contributed by atoms with van der Waals surface area (Å²) in [4.78, 5) is 35.5. The molecule has 4 aromatic rings. The highest BCUT2D eigenvalue weighted by Crippen LogP contribution is 2.27. The first-order valence-electron chi connectivity index (χ1n) is 10.2. The Morgan fingerprint density at radius 1 is 1.10 bits per heavy atom. The van der Waals surface area contributed by atoms with Gasteiger partial charge in [0.2, 0.25) is 0 Å². The highest BCUT2D eigenvalue weighted by atomic mass is 32.2. The van der Waals surface area contributed by atoms with Gasteiger partial charge >= 0.3 is 0 Å². The molecule has 0 aliphatic rings. The van der Waals surface area contributed by atoms with E-state index in [1.54, 1.807) is 12.3 Å². The molecular weight excluding hydrogens is 406 g/mol. The van der Waals surface area contributed by atoms with Gasteiger partial charge in [-0.1, -0.05) is 55.1 Å². The second kappa shape index (κ2) is 8.86. The van der Waals surface area contributed by atoms with E-state index in [2.05, 4.69) is 11.9 Å². The van der Waals surface area contributed by atoms with Gasteiger partial charge in [0, 0.05) is 11.8 Å². The van der Waals surface area contributed by atoms with Crippen LogP contribution < -0.4 is 5.56 Å². The minimum Gasteiger partial charge on any atom is -0.293 e. The maximum absolute atomic E-state index is 13.3. The smallest absolute Gasteiger partial charge is 0.267 e. The summed E-state index contributed by atoms with van der Waals surface area (Å²) in [5.74, 6) is 0.497. The van der Waals surface area contributed by atoms with E-state index in [4.69, 9.17) is 4.98 Å². The van der Waals surface area contributed by atoms with E-state index in [1.807, 2.05) is 68.4 Å². The molecule has 0 saturated carbocycles. The van der Waals surface area contributed by atoms with Gasteiger partial charge in [0.05, 0.1) is 16.2 Å². The number of Topliss-reactive ketones (excluding diaryl/α,β-unsaturated/α-hetero) is 1. The fourth-order valence-electron chi connectivity index (χ4n) is 3.39. The van der Waals surface area contributed by atoms with Crippen molar-refractivity contribution in [2.24, 2.45) is 0 Å². The number of hydrogen-bond acceptors (Lipinski definition) is 5. The van der Waals surface area contributed by atoms with Crippen molar-refractivity contribution in [3.63, 3.8) is 0 Å². The summed E-state index contributed by atoms with van der Waals surface area (Å²) in [6.45, 7) is 5.87. The van der Waals surface area contributed by atoms with Crippen LogP contribution in [0.2, 0.25) is 0 Å². The molecule has 2 aromatic carbocycles. The minimum atomic E-state index is -0.420. The van der Waals surface area contributed by atoms with Crippen molar-refractivity contribution >= 4 is 28.4 Å². The van der Waals surface area contributed by atoms with Gasteiger partial charge < -0.3 is 0 Å². The number of hydrogen-bond donors (Lipinski definition) is 0. The Labute approximate surface area is 185 Å². The highest BCUT2D eigenvalue weighted by molar-refractivity contribution is 8.00. The monoisotopic (exact) mass is 429 g/mol. The van der Waals surface area contributed by atoms with E-state index in [0.717, 1.165) is 12.0 Å². The number of benzene rings is 2. The van der Waals surface area contributed by atoms with E-state index in [-0.39, 0.29) is 11.3 Å². The molecule has 6 heteroatoms. The number of carbonyl (C=O) groups excluding carboxylic acids is 1. The summed E-state index contributed by atoms with van der Waals surface area (Å²) < 4.78 is 1.50. The highest BCUT2D eigenvalue weighted by Gasteiger charge is 2.21. The van der Waals surface area contributed by atoms with Crippen LogP contribution in [-0.2, 0) is 6.42 Å². The van der Waals surface area contributed by atoms with Crippen LogP contribution in [0.25, 0.3) is 16.7 Å². The summed E-state index contributed by atoms with van der Waals surface area (Å²) in [7, 11) is 0. The zero-order valence-electron chi connectivity index (χ0n) is 17.7. The van der Waals surface area contributed by atoms with E-state index < -0.39 is 5.25 Å². The van der Waals surface area contributed by atoms with Crippen LogP contribution >= 0.6 is 11.8 Å². The SMILES string of the molecule is CCc1ccc(C(=O)C(C)Sc2nc3ccccc3c(=O)n2-c2cc(C)ccn2)cc1. The average molecular weight is 430 g/mol. The summed E-state index contributed by atoms with van der Waals surface area (Å²) in [6.07, 6.45) is 2.60. The molecule has 2 heterocycles. The van der Waals surface area contributed by atoms with Crippen LogP contribution in [0.4, 0.5) is 0 Å². The normalized spacial score (nSPS) is 12.1. The van der Waals surface area contributed by atoms with Gasteiger partial charge in [-0.25, -0.2) is 14.5 Å². The number of aromatic nitrogens is 3. The standard InChI is InChI=1S/C25H23N3O2S/c1-4-18-9-11-19(12-10-18)23(29)17(3)31-25-27-21-8-6-5-7-20(21)24(30)28(25)22-15-16(2)13-14-26-22/h5-15,17H,4H2,1-3H3. The minimum absolute atomic E-state index is 0.00110. The fraction of sp³-hybridized carbons (Fsp3) is 0.200. The number of thioether (sulfide) groups is 1. The molecule has 0 bridgehead atoms. The lowest BCUT2D eigenvalue weighted by molar-refractivity contribution is 0.0994. The molecule has 0 N–H and O–H groups in total. The first-order valence-corrected chi connectivity index (χ1v) is 11.1. The molecule has 4 rings (SSSR count). The molecule has 156 valence electrons. The van der Waals surface area contributed by atoms with Gasteiger partial charge in [0.15, 0.2) is 10.9 Å². The second-order valence-electron chi connectivity index (χ2n) is 7.42. The number of ketones is 1. The van der Waals surface area contributed by atoms with Crippen molar-refractivity contribution in [1.29, 1.82) is 0 Å². The van der Waals surface area contributed by atoms with Crippen molar-refractivity contribution < 1.29 is 4.79 Å². The van der Waals surface area contributed by atoms with Crippen molar-refractivity contribution in [2.45, 2.75) is 37.6 Å². The van der Waals surface area contributed by atoms with Gasteiger partial charge in [0.1, 0.15) is 5.82 Å². The van der Waals surface area contributed by atoms with E-state index in [9.17, 15) is 9.59 Å². The quantitative estimate of drug-likeness (QED) is 0.245. The zero-order valence-corrected chi connectivity index (χ0v) is 18.5. The number of para-hydroxylation sites is 1. The van der Waals surface area contributed by atoms with Crippen molar-refractivity contribution in [3.8, 4) is 5.82 Å². The third-order valence-electron chi connectivity index (χ3n) is 5.17. The van der Waals surface area contributed by atoms with Crippen molar-refractivity contribution in [3.05, 3.63) is 93.9 Å². The first kappa shape index (κ1) is 21.0. The van der Waals surface area contributed by atoms with Crippen LogP contribution in [0, 0.1) is 6.92 Å². The predicted octanol–water partition coefficient (Wildman–Crippen LogP) is 5.02. The molecular formula is C25H23N3O2S. The van der Waals surface area contributed by atoms with Crippen molar-refractivity contribution in [1.82, 2.24) is 14.5 Å². The van der Waals surface area contributed by atoms with E-state index >= 15 is 0 Å². The number of nitrogens with zero attached hydrogens (tertiary/aromatic N) is 3. The van der Waals surface area contributed by atoms with Gasteiger partial charge in [-0.15, -0.1) is 0 Å². The Balaban J connectivity index is 1.77. The molecule has 2 aromatic heterocycles. The van der Waals surface area contributed by atoms with Crippen LogP contribution in [0.5, 0.6) is 0 Å². The Bertz CT molecular complexity index is 1310. The molecule has 1 atom stereocenters. The Kier molecular flexibility index (Phi) is 6.00. The lowest BCUT2D eigenvalue weighted by Crippen LogP contribution is -2.24. The average Bonchev–Trinajstić information content (AvgIpc) is 2.79. The largest absolute Gasteiger partial charge is 0.293 e. The molecule has 5 nitrogen and oxygen atoms in total. The number of rotatable bonds is 6. The van der Waals surface area contributed by atoms with Gasteiger partial charge in [0.25, 0.3) is 5.56 Å². The molecule has 0 radical (unpaired) electrons. The molecule has 31 heavy (non-hydrogen) atoms. The maximum atomic E-state index is 13.3. The first-order chi connectivity index (χ1) is 15.0.